The number of nitrogens with zero attached hydrogens (tertiary/aromatic N) is 2. The molecule has 90 valence electrons. The standard InChI is InChI=1S/C14H13N3S/c1-10(16-14-9-15-17-18-14)12-7-6-11-4-2-3-5-13(11)8-12/h2-10,16H,1H3. The van der Waals surface area contributed by atoms with E-state index in [0.29, 0.717) is 0 Å². The average Bonchev–Trinajstić information content (AvgIpc) is 2.91. The van der Waals surface area contributed by atoms with Gasteiger partial charge in [-0.15, -0.1) is 5.10 Å². The molecule has 1 unspecified atom stereocenters. The minimum Gasteiger partial charge on any atom is -0.368 e. The molecular formula is C14H13N3S. The fourth-order valence-corrected chi connectivity index (χ4v) is 2.51. The smallest absolute Gasteiger partial charge is 0.130 e. The monoisotopic (exact) mass is 255 g/mol. The molecule has 3 nitrogen and oxygen atoms in total. The quantitative estimate of drug-likeness (QED) is 0.772. The molecule has 0 spiro atoms. The van der Waals surface area contributed by atoms with Crippen LogP contribution in [-0.2, 0) is 0 Å². The van der Waals surface area contributed by atoms with Crippen molar-refractivity contribution in [3.05, 3.63) is 54.2 Å². The fraction of sp³-hybridized carbons (Fsp3) is 0.143. The van der Waals surface area contributed by atoms with E-state index in [9.17, 15) is 0 Å². The first-order valence-corrected chi connectivity index (χ1v) is 6.63. The van der Waals surface area contributed by atoms with Crippen molar-refractivity contribution in [3.63, 3.8) is 0 Å². The number of fused-ring (bicyclic) bond motifs is 1. The van der Waals surface area contributed by atoms with Crippen molar-refractivity contribution in [1.29, 1.82) is 0 Å². The molecule has 1 heterocycles. The van der Waals surface area contributed by atoms with Gasteiger partial charge in [-0.05, 0) is 29.3 Å². The topological polar surface area (TPSA) is 37.8 Å². The van der Waals surface area contributed by atoms with Gasteiger partial charge in [-0.25, -0.2) is 0 Å². The molecule has 0 saturated carbocycles. The number of benzene rings is 2. The van der Waals surface area contributed by atoms with Crippen molar-refractivity contribution in [3.8, 4) is 0 Å². The highest BCUT2D eigenvalue weighted by Gasteiger charge is 2.07. The van der Waals surface area contributed by atoms with Gasteiger partial charge >= 0.3 is 0 Å². The molecule has 2 aromatic carbocycles. The number of hydrogen-bond donors (Lipinski definition) is 1. The molecule has 0 saturated heterocycles. The van der Waals surface area contributed by atoms with E-state index in [1.807, 2.05) is 0 Å². The van der Waals surface area contributed by atoms with Crippen LogP contribution in [0.25, 0.3) is 10.8 Å². The normalized spacial score (nSPS) is 12.5. The van der Waals surface area contributed by atoms with E-state index in [-0.39, 0.29) is 6.04 Å². The maximum Gasteiger partial charge on any atom is 0.130 e. The Morgan fingerprint density at radius 3 is 2.72 bits per heavy atom. The van der Waals surface area contributed by atoms with Gasteiger partial charge in [0.15, 0.2) is 0 Å². The van der Waals surface area contributed by atoms with Crippen LogP contribution in [0.5, 0.6) is 0 Å². The molecule has 0 amide bonds. The van der Waals surface area contributed by atoms with Gasteiger partial charge in [0.05, 0.1) is 6.20 Å². The molecule has 0 radical (unpaired) electrons. The number of nitrogens with one attached hydrogen (secondary N) is 1. The summed E-state index contributed by atoms with van der Waals surface area (Å²) >= 11 is 1.38. The highest BCUT2D eigenvalue weighted by atomic mass is 32.1. The molecule has 1 N–H and O–H groups in total. The highest BCUT2D eigenvalue weighted by Crippen LogP contribution is 2.24. The Morgan fingerprint density at radius 1 is 1.11 bits per heavy atom. The summed E-state index contributed by atoms with van der Waals surface area (Å²) in [7, 11) is 0. The Balaban J connectivity index is 1.89. The maximum atomic E-state index is 3.85. The summed E-state index contributed by atoms with van der Waals surface area (Å²) < 4.78 is 3.85. The van der Waals surface area contributed by atoms with Crippen LogP contribution in [0.15, 0.2) is 48.7 Å². The van der Waals surface area contributed by atoms with Crippen LogP contribution in [0.4, 0.5) is 5.00 Å². The fourth-order valence-electron chi connectivity index (χ4n) is 2.00. The molecule has 3 aromatic rings. The Kier molecular flexibility index (Phi) is 2.94. The Bertz CT molecular complexity index is 649. The van der Waals surface area contributed by atoms with Crippen molar-refractivity contribution in [1.82, 2.24) is 9.59 Å². The van der Waals surface area contributed by atoms with Gasteiger partial charge in [-0.1, -0.05) is 40.9 Å². The van der Waals surface area contributed by atoms with E-state index in [1.165, 1.54) is 27.9 Å². The second-order valence-electron chi connectivity index (χ2n) is 4.25. The van der Waals surface area contributed by atoms with Crippen molar-refractivity contribution < 1.29 is 0 Å². The van der Waals surface area contributed by atoms with E-state index in [0.717, 1.165) is 5.00 Å². The van der Waals surface area contributed by atoms with Crippen LogP contribution in [0.1, 0.15) is 18.5 Å². The predicted octanol–water partition coefficient (Wildman–Crippen LogP) is 3.86. The third kappa shape index (κ3) is 2.19. The van der Waals surface area contributed by atoms with E-state index < -0.39 is 0 Å². The van der Waals surface area contributed by atoms with Crippen molar-refractivity contribution in [2.75, 3.05) is 5.32 Å². The third-order valence-electron chi connectivity index (χ3n) is 2.99. The van der Waals surface area contributed by atoms with Crippen LogP contribution < -0.4 is 5.32 Å². The number of anilines is 1. The van der Waals surface area contributed by atoms with E-state index in [2.05, 4.69) is 64.3 Å². The maximum absolute atomic E-state index is 3.85. The molecule has 0 aliphatic carbocycles. The molecule has 1 atom stereocenters. The van der Waals surface area contributed by atoms with E-state index in [4.69, 9.17) is 0 Å². The number of rotatable bonds is 3. The number of hydrogen-bond acceptors (Lipinski definition) is 4. The molecule has 0 bridgehead atoms. The predicted molar refractivity (Wildman–Crippen MR) is 75.9 cm³/mol. The van der Waals surface area contributed by atoms with Gasteiger partial charge in [-0.3, -0.25) is 0 Å². The largest absolute Gasteiger partial charge is 0.368 e. The molecule has 4 heteroatoms. The molecular weight excluding hydrogens is 242 g/mol. The lowest BCUT2D eigenvalue weighted by atomic mass is 10.0. The van der Waals surface area contributed by atoms with Gasteiger partial charge < -0.3 is 5.32 Å². The van der Waals surface area contributed by atoms with E-state index in [1.54, 1.807) is 6.20 Å². The van der Waals surface area contributed by atoms with Gasteiger partial charge in [0, 0.05) is 17.6 Å². The lowest BCUT2D eigenvalue weighted by Gasteiger charge is -2.14. The van der Waals surface area contributed by atoms with Crippen LogP contribution in [0, 0.1) is 0 Å². The average molecular weight is 255 g/mol. The zero-order chi connectivity index (χ0) is 12.4. The third-order valence-corrected chi connectivity index (χ3v) is 3.59. The summed E-state index contributed by atoms with van der Waals surface area (Å²) in [5.74, 6) is 0. The van der Waals surface area contributed by atoms with Crippen molar-refractivity contribution in [2.24, 2.45) is 0 Å². The first-order valence-electron chi connectivity index (χ1n) is 5.85. The van der Waals surface area contributed by atoms with Gasteiger partial charge in [0.1, 0.15) is 5.00 Å². The van der Waals surface area contributed by atoms with Gasteiger partial charge in [-0.2, -0.15) is 0 Å². The van der Waals surface area contributed by atoms with Gasteiger partial charge in [0.25, 0.3) is 0 Å². The first kappa shape index (κ1) is 11.2. The Morgan fingerprint density at radius 2 is 1.94 bits per heavy atom. The van der Waals surface area contributed by atoms with Crippen LogP contribution in [0.2, 0.25) is 0 Å². The van der Waals surface area contributed by atoms with E-state index >= 15 is 0 Å². The minimum absolute atomic E-state index is 0.247. The molecule has 0 fully saturated rings. The van der Waals surface area contributed by atoms with Crippen LogP contribution >= 0.6 is 11.5 Å². The van der Waals surface area contributed by atoms with Gasteiger partial charge in [0.2, 0.25) is 0 Å². The number of aromatic nitrogens is 2. The summed E-state index contributed by atoms with van der Waals surface area (Å²) in [4.78, 5) is 0. The zero-order valence-corrected chi connectivity index (χ0v) is 10.8. The minimum atomic E-state index is 0.247. The molecule has 0 aliphatic rings. The lowest BCUT2D eigenvalue weighted by molar-refractivity contribution is 0.890. The molecule has 3 rings (SSSR count). The molecule has 18 heavy (non-hydrogen) atoms. The summed E-state index contributed by atoms with van der Waals surface area (Å²) in [6.45, 7) is 2.14. The Labute approximate surface area is 110 Å². The first-order chi connectivity index (χ1) is 8.83. The Hall–Kier alpha value is -1.94. The zero-order valence-electron chi connectivity index (χ0n) is 10.00. The SMILES string of the molecule is CC(Nc1cnns1)c1ccc2ccccc2c1. The lowest BCUT2D eigenvalue weighted by Crippen LogP contribution is -2.05. The molecule has 1 aromatic heterocycles. The van der Waals surface area contributed by atoms with Crippen molar-refractivity contribution in [2.45, 2.75) is 13.0 Å². The summed E-state index contributed by atoms with van der Waals surface area (Å²) in [6, 6.07) is 15.2. The van der Waals surface area contributed by atoms with Crippen LogP contribution in [-0.4, -0.2) is 9.59 Å². The summed E-state index contributed by atoms with van der Waals surface area (Å²) in [6.07, 6.45) is 1.75. The highest BCUT2D eigenvalue weighted by molar-refractivity contribution is 7.09. The summed E-state index contributed by atoms with van der Waals surface area (Å²) in [5.41, 5.74) is 1.27. The second kappa shape index (κ2) is 4.74. The van der Waals surface area contributed by atoms with Crippen LogP contribution in [0.3, 0.4) is 0 Å². The second-order valence-corrected chi connectivity index (χ2v) is 5.04. The summed E-state index contributed by atoms with van der Waals surface area (Å²) in [5, 5.41) is 10.8. The molecule has 0 aliphatic heterocycles. The van der Waals surface area contributed by atoms with Crippen molar-refractivity contribution >= 4 is 27.3 Å².